The molecule has 0 saturated heterocycles. The molecule has 1 nitrogen and oxygen atoms in total. The first-order valence-corrected chi connectivity index (χ1v) is 5.42. The van der Waals surface area contributed by atoms with E-state index in [-0.39, 0.29) is 5.82 Å². The summed E-state index contributed by atoms with van der Waals surface area (Å²) in [6, 6.07) is 7.28. The van der Waals surface area contributed by atoms with E-state index < -0.39 is 0 Å². The molecule has 1 atom stereocenters. The maximum Gasteiger partial charge on any atom is 0.126 e. The third-order valence-electron chi connectivity index (χ3n) is 2.92. The molecule has 0 amide bonds. The molecule has 1 aliphatic carbocycles. The largest absolute Gasteiger partial charge is 0.327 e. The van der Waals surface area contributed by atoms with Crippen LogP contribution < -0.4 is 5.73 Å². The number of hydrogen-bond donors (Lipinski definition) is 1. The van der Waals surface area contributed by atoms with Gasteiger partial charge in [-0.05, 0) is 37.3 Å². The van der Waals surface area contributed by atoms with Gasteiger partial charge in [-0.3, -0.25) is 0 Å². The van der Waals surface area contributed by atoms with E-state index in [9.17, 15) is 4.39 Å². The van der Waals surface area contributed by atoms with Crippen LogP contribution in [0, 0.1) is 5.82 Å². The number of benzene rings is 1. The van der Waals surface area contributed by atoms with Gasteiger partial charge in [-0.2, -0.15) is 0 Å². The van der Waals surface area contributed by atoms with Gasteiger partial charge in [0.1, 0.15) is 5.82 Å². The first-order valence-electron chi connectivity index (χ1n) is 5.42. The summed E-state index contributed by atoms with van der Waals surface area (Å²) in [5.74, 6) is -0.103. The van der Waals surface area contributed by atoms with E-state index in [1.807, 2.05) is 12.1 Å². The first-order chi connectivity index (χ1) is 7.25. The molecule has 2 N–H and O–H groups in total. The van der Waals surface area contributed by atoms with Gasteiger partial charge in [0.2, 0.25) is 0 Å². The number of nitrogens with two attached hydrogens (primary N) is 1. The van der Waals surface area contributed by atoms with Crippen LogP contribution in [-0.2, 0) is 6.42 Å². The summed E-state index contributed by atoms with van der Waals surface area (Å²) in [5.41, 5.74) is 7.91. The van der Waals surface area contributed by atoms with Crippen LogP contribution in [0.2, 0.25) is 0 Å². The molecule has 0 fully saturated rings. The van der Waals surface area contributed by atoms with E-state index >= 15 is 0 Å². The smallest absolute Gasteiger partial charge is 0.126 e. The van der Waals surface area contributed by atoms with Crippen molar-refractivity contribution in [2.24, 2.45) is 5.73 Å². The second-order valence-corrected chi connectivity index (χ2v) is 4.17. The molecule has 1 aromatic rings. The molecule has 2 rings (SSSR count). The minimum Gasteiger partial charge on any atom is -0.327 e. The van der Waals surface area contributed by atoms with Crippen molar-refractivity contribution in [3.05, 3.63) is 47.3 Å². The molecular weight excluding hydrogens is 189 g/mol. The van der Waals surface area contributed by atoms with Crippen LogP contribution in [0.3, 0.4) is 0 Å². The zero-order chi connectivity index (χ0) is 10.7. The van der Waals surface area contributed by atoms with Crippen LogP contribution in [0.4, 0.5) is 4.39 Å². The summed E-state index contributed by atoms with van der Waals surface area (Å²) in [4.78, 5) is 0. The zero-order valence-electron chi connectivity index (χ0n) is 8.75. The number of allylic oxidation sites excluding steroid dienone is 1. The molecule has 0 heterocycles. The lowest BCUT2D eigenvalue weighted by Crippen LogP contribution is -2.22. The predicted octanol–water partition coefficient (Wildman–Crippen LogP) is 2.81. The molecule has 1 aromatic carbocycles. The van der Waals surface area contributed by atoms with E-state index in [4.69, 9.17) is 5.73 Å². The van der Waals surface area contributed by atoms with E-state index in [0.717, 1.165) is 31.2 Å². The van der Waals surface area contributed by atoms with E-state index in [1.54, 1.807) is 6.07 Å². The summed E-state index contributed by atoms with van der Waals surface area (Å²) in [7, 11) is 0. The number of hydrogen-bond acceptors (Lipinski definition) is 1. The molecule has 0 spiro atoms. The topological polar surface area (TPSA) is 26.0 Å². The lowest BCUT2D eigenvalue weighted by atomic mass is 9.91. The van der Waals surface area contributed by atoms with Gasteiger partial charge >= 0.3 is 0 Å². The summed E-state index contributed by atoms with van der Waals surface area (Å²) >= 11 is 0. The Labute approximate surface area is 89.8 Å². The van der Waals surface area contributed by atoms with Gasteiger partial charge in [0, 0.05) is 6.04 Å². The highest BCUT2D eigenvalue weighted by molar-refractivity contribution is 5.24. The number of halogens is 1. The quantitative estimate of drug-likeness (QED) is 0.738. The van der Waals surface area contributed by atoms with Crippen LogP contribution in [0.1, 0.15) is 24.8 Å². The third kappa shape index (κ3) is 2.66. The molecule has 0 aliphatic heterocycles. The lowest BCUT2D eigenvalue weighted by Gasteiger charge is -2.18. The molecule has 0 saturated carbocycles. The van der Waals surface area contributed by atoms with Crippen molar-refractivity contribution in [3.63, 3.8) is 0 Å². The van der Waals surface area contributed by atoms with Crippen LogP contribution in [0.25, 0.3) is 0 Å². The Morgan fingerprint density at radius 2 is 2.13 bits per heavy atom. The first kappa shape index (κ1) is 10.4. The molecule has 0 bridgehead atoms. The summed E-state index contributed by atoms with van der Waals surface area (Å²) in [6.45, 7) is 0. The maximum absolute atomic E-state index is 13.4. The zero-order valence-corrected chi connectivity index (χ0v) is 8.75. The van der Waals surface area contributed by atoms with E-state index in [1.165, 1.54) is 11.6 Å². The fraction of sp³-hybridized carbons (Fsp3) is 0.385. The van der Waals surface area contributed by atoms with Crippen molar-refractivity contribution < 1.29 is 4.39 Å². The average Bonchev–Trinajstić information content (AvgIpc) is 2.25. The SMILES string of the molecule is NC1CC=C(Cc2ccccc2F)CC1. The molecule has 1 unspecified atom stereocenters. The lowest BCUT2D eigenvalue weighted by molar-refractivity contribution is 0.575. The van der Waals surface area contributed by atoms with Crippen molar-refractivity contribution in [2.75, 3.05) is 0 Å². The minimum atomic E-state index is -0.103. The average molecular weight is 205 g/mol. The van der Waals surface area contributed by atoms with Crippen LogP contribution in [-0.4, -0.2) is 6.04 Å². The molecule has 15 heavy (non-hydrogen) atoms. The molecule has 0 aromatic heterocycles. The summed E-state index contributed by atoms with van der Waals surface area (Å²) in [6.07, 6.45) is 5.87. The van der Waals surface area contributed by atoms with Crippen molar-refractivity contribution >= 4 is 0 Å². The Balaban J connectivity index is 2.06. The van der Waals surface area contributed by atoms with E-state index in [0.29, 0.717) is 6.04 Å². The second-order valence-electron chi connectivity index (χ2n) is 4.17. The molecule has 1 aliphatic rings. The number of rotatable bonds is 2. The van der Waals surface area contributed by atoms with Gasteiger partial charge in [0.25, 0.3) is 0 Å². The Bertz CT molecular complexity index is 371. The highest BCUT2D eigenvalue weighted by atomic mass is 19.1. The molecule has 0 radical (unpaired) electrons. The van der Waals surface area contributed by atoms with Gasteiger partial charge in [0.05, 0.1) is 0 Å². The normalized spacial score (nSPS) is 21.2. The molecule has 2 heteroatoms. The van der Waals surface area contributed by atoms with Gasteiger partial charge < -0.3 is 5.73 Å². The summed E-state index contributed by atoms with van der Waals surface area (Å²) < 4.78 is 13.4. The van der Waals surface area contributed by atoms with Gasteiger partial charge in [0.15, 0.2) is 0 Å². The highest BCUT2D eigenvalue weighted by Crippen LogP contribution is 2.21. The maximum atomic E-state index is 13.4. The Morgan fingerprint density at radius 1 is 1.33 bits per heavy atom. The molecular formula is C13H16FN. The standard InChI is InChI=1S/C13H16FN/c14-13-4-2-1-3-11(13)9-10-5-7-12(15)8-6-10/h1-5,12H,6-9,15H2. The van der Waals surface area contributed by atoms with Gasteiger partial charge in [-0.1, -0.05) is 29.8 Å². The van der Waals surface area contributed by atoms with Crippen LogP contribution in [0.15, 0.2) is 35.9 Å². The highest BCUT2D eigenvalue weighted by Gasteiger charge is 2.11. The van der Waals surface area contributed by atoms with Gasteiger partial charge in [-0.25, -0.2) is 4.39 Å². The van der Waals surface area contributed by atoms with Crippen molar-refractivity contribution in [1.82, 2.24) is 0 Å². The van der Waals surface area contributed by atoms with Crippen LogP contribution >= 0.6 is 0 Å². The fourth-order valence-electron chi connectivity index (χ4n) is 1.96. The Morgan fingerprint density at radius 3 is 2.80 bits per heavy atom. The van der Waals surface area contributed by atoms with Crippen molar-refractivity contribution in [2.45, 2.75) is 31.7 Å². The monoisotopic (exact) mass is 205 g/mol. The summed E-state index contributed by atoms with van der Waals surface area (Å²) in [5, 5.41) is 0. The van der Waals surface area contributed by atoms with Gasteiger partial charge in [-0.15, -0.1) is 0 Å². The predicted molar refractivity (Wildman–Crippen MR) is 60.0 cm³/mol. The fourth-order valence-corrected chi connectivity index (χ4v) is 1.96. The van der Waals surface area contributed by atoms with Crippen LogP contribution in [0.5, 0.6) is 0 Å². The Hall–Kier alpha value is -1.15. The minimum absolute atomic E-state index is 0.103. The Kier molecular flexibility index (Phi) is 3.17. The second kappa shape index (κ2) is 4.58. The molecule has 80 valence electrons. The van der Waals surface area contributed by atoms with Crippen molar-refractivity contribution in [3.8, 4) is 0 Å². The van der Waals surface area contributed by atoms with Crippen molar-refractivity contribution in [1.29, 1.82) is 0 Å². The third-order valence-corrected chi connectivity index (χ3v) is 2.92. The van der Waals surface area contributed by atoms with E-state index in [2.05, 4.69) is 6.08 Å².